The molecule has 2 rings (SSSR count). The van der Waals surface area contributed by atoms with Crippen molar-refractivity contribution >= 4 is 41.1 Å². The molecule has 1 aromatic carbocycles. The number of hydrazine groups is 1. The molecule has 0 saturated heterocycles. The van der Waals surface area contributed by atoms with Gasteiger partial charge >= 0.3 is 0 Å². The molecule has 0 bridgehead atoms. The Labute approximate surface area is 173 Å². The largest absolute Gasteiger partial charge is 0.462 e. The smallest absolute Gasteiger partial charge is 0.250 e. The fraction of sp³-hybridized carbons (Fsp3) is 0.200. The fourth-order valence-corrected chi connectivity index (χ4v) is 2.34. The monoisotopic (exact) mass is 414 g/mol. The standard InChI is InChI=1S/C20H22N4O4S/c1-14-7-8-16(28-14)9-10-18(26)22-20(29)24-23-19(27)12-11-17(25)21-13-15-5-3-2-4-6-15/h2-10H,11-13H2,1H3,(H,21,25)(H,23,27)(H2,22,24,26,29). The number of furan rings is 1. The summed E-state index contributed by atoms with van der Waals surface area (Å²) in [6.45, 7) is 2.20. The molecule has 0 fully saturated rings. The first kappa shape index (κ1) is 21.8. The predicted octanol–water partition coefficient (Wildman–Crippen LogP) is 1.72. The normalized spacial score (nSPS) is 10.4. The SMILES string of the molecule is Cc1ccc(C=CC(=O)NC(=S)NNC(=O)CCC(=O)NCc2ccccc2)o1. The van der Waals surface area contributed by atoms with Crippen LogP contribution in [0.3, 0.4) is 0 Å². The fourth-order valence-electron chi connectivity index (χ4n) is 2.19. The van der Waals surface area contributed by atoms with Crippen molar-refractivity contribution in [2.24, 2.45) is 0 Å². The Kier molecular flexibility index (Phi) is 8.58. The molecule has 4 N–H and O–H groups in total. The Balaban J connectivity index is 1.60. The topological polar surface area (TPSA) is 112 Å². The third-order valence-electron chi connectivity index (χ3n) is 3.62. The van der Waals surface area contributed by atoms with Crippen molar-refractivity contribution in [1.29, 1.82) is 0 Å². The summed E-state index contributed by atoms with van der Waals surface area (Å²) >= 11 is 4.92. The molecule has 0 aliphatic rings. The lowest BCUT2D eigenvalue weighted by Crippen LogP contribution is -2.48. The van der Waals surface area contributed by atoms with Crippen LogP contribution in [0, 0.1) is 6.92 Å². The Morgan fingerprint density at radius 2 is 1.72 bits per heavy atom. The summed E-state index contributed by atoms with van der Waals surface area (Å²) in [5.41, 5.74) is 5.71. The van der Waals surface area contributed by atoms with Crippen molar-refractivity contribution in [2.45, 2.75) is 26.3 Å². The van der Waals surface area contributed by atoms with Crippen LogP contribution in [-0.4, -0.2) is 22.8 Å². The maximum Gasteiger partial charge on any atom is 0.250 e. The van der Waals surface area contributed by atoms with Crippen LogP contribution in [0.25, 0.3) is 6.08 Å². The van der Waals surface area contributed by atoms with Gasteiger partial charge in [0.25, 0.3) is 0 Å². The molecule has 0 spiro atoms. The predicted molar refractivity (Wildman–Crippen MR) is 112 cm³/mol. The second-order valence-electron chi connectivity index (χ2n) is 6.04. The molecule has 2 aromatic rings. The van der Waals surface area contributed by atoms with Gasteiger partial charge in [0.15, 0.2) is 5.11 Å². The minimum absolute atomic E-state index is 0.0259. The van der Waals surface area contributed by atoms with Gasteiger partial charge in [0.1, 0.15) is 11.5 Å². The maximum atomic E-state index is 11.8. The third-order valence-corrected chi connectivity index (χ3v) is 3.83. The summed E-state index contributed by atoms with van der Waals surface area (Å²) in [4.78, 5) is 35.3. The van der Waals surface area contributed by atoms with Crippen LogP contribution in [0.1, 0.15) is 29.9 Å². The number of carbonyl (C=O) groups excluding carboxylic acids is 3. The van der Waals surface area contributed by atoms with E-state index in [4.69, 9.17) is 16.6 Å². The molecule has 0 unspecified atom stereocenters. The first-order valence-corrected chi connectivity index (χ1v) is 9.28. The van der Waals surface area contributed by atoms with Crippen LogP contribution in [0.2, 0.25) is 0 Å². The van der Waals surface area contributed by atoms with Gasteiger partial charge in [-0.15, -0.1) is 0 Å². The molecular weight excluding hydrogens is 392 g/mol. The number of carbonyl (C=O) groups is 3. The van der Waals surface area contributed by atoms with Gasteiger partial charge in [-0.25, -0.2) is 0 Å². The van der Waals surface area contributed by atoms with Crippen molar-refractivity contribution in [3.05, 3.63) is 65.6 Å². The van der Waals surface area contributed by atoms with Crippen molar-refractivity contribution in [3.63, 3.8) is 0 Å². The summed E-state index contributed by atoms with van der Waals surface area (Å²) in [7, 11) is 0. The van der Waals surface area contributed by atoms with Crippen molar-refractivity contribution in [1.82, 2.24) is 21.5 Å². The van der Waals surface area contributed by atoms with E-state index in [0.717, 1.165) is 11.3 Å². The first-order chi connectivity index (χ1) is 13.9. The number of benzene rings is 1. The van der Waals surface area contributed by atoms with Gasteiger partial charge in [0.2, 0.25) is 17.7 Å². The van der Waals surface area contributed by atoms with E-state index in [1.54, 1.807) is 19.1 Å². The number of hydrogen-bond donors (Lipinski definition) is 4. The maximum absolute atomic E-state index is 11.8. The minimum Gasteiger partial charge on any atom is -0.462 e. The molecule has 9 heteroatoms. The number of thiocarbonyl (C=S) groups is 1. The van der Waals surface area contributed by atoms with E-state index in [1.807, 2.05) is 30.3 Å². The van der Waals surface area contributed by atoms with Gasteiger partial charge in [-0.2, -0.15) is 0 Å². The average molecular weight is 414 g/mol. The summed E-state index contributed by atoms with van der Waals surface area (Å²) < 4.78 is 5.30. The summed E-state index contributed by atoms with van der Waals surface area (Å²) in [5, 5.41) is 5.04. The van der Waals surface area contributed by atoms with Crippen LogP contribution < -0.4 is 21.5 Å². The quantitative estimate of drug-likeness (QED) is 0.312. The summed E-state index contributed by atoms with van der Waals surface area (Å²) in [6.07, 6.45) is 2.76. The highest BCUT2D eigenvalue weighted by atomic mass is 32.1. The molecule has 0 saturated carbocycles. The molecule has 0 atom stereocenters. The van der Waals surface area contributed by atoms with Gasteiger partial charge in [-0.3, -0.25) is 30.6 Å². The molecular formula is C20H22N4O4S. The second-order valence-corrected chi connectivity index (χ2v) is 6.44. The molecule has 1 heterocycles. The molecule has 29 heavy (non-hydrogen) atoms. The van der Waals surface area contributed by atoms with Crippen LogP contribution in [0.15, 0.2) is 53.0 Å². The molecule has 0 aliphatic heterocycles. The first-order valence-electron chi connectivity index (χ1n) is 8.87. The Morgan fingerprint density at radius 3 is 2.41 bits per heavy atom. The zero-order valence-corrected chi connectivity index (χ0v) is 16.7. The second kappa shape index (κ2) is 11.4. The molecule has 3 amide bonds. The van der Waals surface area contributed by atoms with Gasteiger partial charge in [0.05, 0.1) is 0 Å². The molecule has 0 aliphatic carbocycles. The number of nitrogens with one attached hydrogen (secondary N) is 4. The van der Waals surface area contributed by atoms with E-state index in [9.17, 15) is 14.4 Å². The van der Waals surface area contributed by atoms with Crippen LogP contribution in [-0.2, 0) is 20.9 Å². The molecule has 152 valence electrons. The number of aryl methyl sites for hydroxylation is 1. The summed E-state index contributed by atoms with van der Waals surface area (Å²) in [6, 6.07) is 13.0. The highest BCUT2D eigenvalue weighted by Crippen LogP contribution is 2.07. The van der Waals surface area contributed by atoms with E-state index in [0.29, 0.717) is 12.3 Å². The van der Waals surface area contributed by atoms with Crippen LogP contribution in [0.5, 0.6) is 0 Å². The van der Waals surface area contributed by atoms with Crippen molar-refractivity contribution < 1.29 is 18.8 Å². The Hall–Kier alpha value is -3.46. The third kappa shape index (κ3) is 8.85. The number of hydrogen-bond acceptors (Lipinski definition) is 5. The minimum atomic E-state index is -0.480. The summed E-state index contributed by atoms with van der Waals surface area (Å²) in [5.74, 6) is 0.122. The zero-order valence-electron chi connectivity index (χ0n) is 15.9. The van der Waals surface area contributed by atoms with Crippen LogP contribution in [0.4, 0.5) is 0 Å². The van der Waals surface area contributed by atoms with Gasteiger partial charge < -0.3 is 9.73 Å². The number of rotatable bonds is 7. The van der Waals surface area contributed by atoms with E-state index in [2.05, 4.69) is 21.5 Å². The zero-order chi connectivity index (χ0) is 21.1. The van der Waals surface area contributed by atoms with E-state index in [-0.39, 0.29) is 23.9 Å². The van der Waals surface area contributed by atoms with E-state index < -0.39 is 11.8 Å². The lowest BCUT2D eigenvalue weighted by molar-refractivity contribution is -0.126. The van der Waals surface area contributed by atoms with Gasteiger partial charge in [-0.1, -0.05) is 30.3 Å². The van der Waals surface area contributed by atoms with Crippen LogP contribution >= 0.6 is 12.2 Å². The highest BCUT2D eigenvalue weighted by Gasteiger charge is 2.08. The number of amides is 3. The lowest BCUT2D eigenvalue weighted by Gasteiger charge is -2.10. The molecule has 8 nitrogen and oxygen atoms in total. The Morgan fingerprint density at radius 1 is 1.00 bits per heavy atom. The van der Waals surface area contributed by atoms with E-state index in [1.165, 1.54) is 12.2 Å². The van der Waals surface area contributed by atoms with Gasteiger partial charge in [-0.05, 0) is 42.9 Å². The van der Waals surface area contributed by atoms with Crippen molar-refractivity contribution in [2.75, 3.05) is 0 Å². The Bertz CT molecular complexity index is 893. The van der Waals surface area contributed by atoms with Gasteiger partial charge in [0, 0.05) is 25.5 Å². The molecule has 0 radical (unpaired) electrons. The molecule has 1 aromatic heterocycles. The highest BCUT2D eigenvalue weighted by molar-refractivity contribution is 7.80. The van der Waals surface area contributed by atoms with E-state index >= 15 is 0 Å². The lowest BCUT2D eigenvalue weighted by atomic mass is 10.2. The average Bonchev–Trinajstić information content (AvgIpc) is 3.13. The van der Waals surface area contributed by atoms with Crippen molar-refractivity contribution in [3.8, 4) is 0 Å².